The third-order valence-corrected chi connectivity index (χ3v) is 3.80. The van der Waals surface area contributed by atoms with Gasteiger partial charge in [0.05, 0.1) is 0 Å². The summed E-state index contributed by atoms with van der Waals surface area (Å²) in [5.41, 5.74) is 2.52. The molecule has 0 saturated carbocycles. The standard InChI is InChI=1S/C17H22N2O3/c1-2-3-14-4-6-15(7-5-14)18-10-12-19(13-11-18)16(20)8-9-17(21)22/h4-9H,2-3,10-13H2,1H3,(H,21,22). The minimum Gasteiger partial charge on any atom is -0.478 e. The second kappa shape index (κ2) is 7.64. The van der Waals surface area contributed by atoms with Crippen molar-refractivity contribution in [3.8, 4) is 0 Å². The number of carboxylic acid groups (broad SMARTS) is 1. The maximum atomic E-state index is 11.8. The van der Waals surface area contributed by atoms with E-state index in [4.69, 9.17) is 5.11 Å². The largest absolute Gasteiger partial charge is 0.478 e. The van der Waals surface area contributed by atoms with Gasteiger partial charge >= 0.3 is 5.97 Å². The van der Waals surface area contributed by atoms with Crippen LogP contribution in [0.25, 0.3) is 0 Å². The molecule has 22 heavy (non-hydrogen) atoms. The van der Waals surface area contributed by atoms with Crippen molar-refractivity contribution in [2.24, 2.45) is 0 Å². The van der Waals surface area contributed by atoms with Gasteiger partial charge in [0.1, 0.15) is 0 Å². The molecule has 0 atom stereocenters. The molecular formula is C17H22N2O3. The summed E-state index contributed by atoms with van der Waals surface area (Å²) >= 11 is 0. The van der Waals surface area contributed by atoms with E-state index in [1.807, 2.05) is 0 Å². The lowest BCUT2D eigenvalue weighted by molar-refractivity contribution is -0.132. The summed E-state index contributed by atoms with van der Waals surface area (Å²) in [7, 11) is 0. The van der Waals surface area contributed by atoms with E-state index in [9.17, 15) is 9.59 Å². The molecule has 1 aliphatic rings. The number of aliphatic carboxylic acids is 1. The van der Waals surface area contributed by atoms with Gasteiger partial charge in [-0.15, -0.1) is 0 Å². The average Bonchev–Trinajstić information content (AvgIpc) is 2.54. The predicted octanol–water partition coefficient (Wildman–Crippen LogP) is 1.93. The number of aryl methyl sites for hydroxylation is 1. The number of carboxylic acids is 1. The van der Waals surface area contributed by atoms with Gasteiger partial charge in [-0.05, 0) is 24.1 Å². The second-order valence-corrected chi connectivity index (χ2v) is 5.40. The highest BCUT2D eigenvalue weighted by atomic mass is 16.4. The number of hydrogen-bond donors (Lipinski definition) is 1. The van der Waals surface area contributed by atoms with Gasteiger partial charge in [0.2, 0.25) is 5.91 Å². The van der Waals surface area contributed by atoms with Crippen molar-refractivity contribution in [2.75, 3.05) is 31.1 Å². The van der Waals surface area contributed by atoms with E-state index < -0.39 is 5.97 Å². The number of piperazine rings is 1. The van der Waals surface area contributed by atoms with Gasteiger partial charge in [-0.1, -0.05) is 25.5 Å². The highest BCUT2D eigenvalue weighted by Gasteiger charge is 2.19. The Morgan fingerprint density at radius 3 is 2.27 bits per heavy atom. The monoisotopic (exact) mass is 302 g/mol. The fraction of sp³-hybridized carbons (Fsp3) is 0.412. The molecule has 1 N–H and O–H groups in total. The van der Waals surface area contributed by atoms with Crippen LogP contribution in [-0.2, 0) is 16.0 Å². The lowest BCUT2D eigenvalue weighted by Gasteiger charge is -2.35. The molecule has 0 aliphatic carbocycles. The van der Waals surface area contributed by atoms with Crippen LogP contribution in [0.4, 0.5) is 5.69 Å². The first-order valence-corrected chi connectivity index (χ1v) is 7.64. The SMILES string of the molecule is CCCc1ccc(N2CCN(C(=O)C=CC(=O)O)CC2)cc1. The van der Waals surface area contributed by atoms with Gasteiger partial charge in [-0.25, -0.2) is 4.79 Å². The number of anilines is 1. The second-order valence-electron chi connectivity index (χ2n) is 5.40. The Morgan fingerprint density at radius 1 is 1.09 bits per heavy atom. The van der Waals surface area contributed by atoms with E-state index in [1.165, 1.54) is 11.3 Å². The summed E-state index contributed by atoms with van der Waals surface area (Å²) in [4.78, 5) is 26.2. The summed E-state index contributed by atoms with van der Waals surface area (Å²) in [6.45, 7) is 4.92. The quantitative estimate of drug-likeness (QED) is 0.844. The van der Waals surface area contributed by atoms with Crippen molar-refractivity contribution in [1.29, 1.82) is 0 Å². The van der Waals surface area contributed by atoms with Gasteiger partial charge in [0.25, 0.3) is 0 Å². The number of rotatable bonds is 5. The van der Waals surface area contributed by atoms with E-state index in [0.717, 1.165) is 38.1 Å². The minimum absolute atomic E-state index is 0.236. The van der Waals surface area contributed by atoms with Crippen LogP contribution in [0, 0.1) is 0 Å². The first-order valence-electron chi connectivity index (χ1n) is 7.64. The third kappa shape index (κ3) is 4.35. The molecule has 0 bridgehead atoms. The Hall–Kier alpha value is -2.30. The van der Waals surface area contributed by atoms with E-state index >= 15 is 0 Å². The van der Waals surface area contributed by atoms with Crippen molar-refractivity contribution in [2.45, 2.75) is 19.8 Å². The van der Waals surface area contributed by atoms with E-state index in [0.29, 0.717) is 13.1 Å². The maximum absolute atomic E-state index is 11.8. The van der Waals surface area contributed by atoms with Gasteiger partial charge in [0, 0.05) is 44.0 Å². The van der Waals surface area contributed by atoms with Crippen molar-refractivity contribution in [3.05, 3.63) is 42.0 Å². The maximum Gasteiger partial charge on any atom is 0.328 e. The summed E-state index contributed by atoms with van der Waals surface area (Å²) in [5, 5.41) is 8.55. The Balaban J connectivity index is 1.88. The molecule has 1 fully saturated rings. The van der Waals surface area contributed by atoms with Crippen molar-refractivity contribution in [1.82, 2.24) is 4.90 Å². The molecule has 0 spiro atoms. The number of benzene rings is 1. The molecule has 1 aromatic rings. The van der Waals surface area contributed by atoms with Crippen LogP contribution in [0.3, 0.4) is 0 Å². The molecule has 1 aliphatic heterocycles. The predicted molar refractivity (Wildman–Crippen MR) is 86.0 cm³/mol. The molecule has 1 amide bonds. The van der Waals surface area contributed by atoms with Crippen LogP contribution in [0.1, 0.15) is 18.9 Å². The Kier molecular flexibility index (Phi) is 5.58. The van der Waals surface area contributed by atoms with Crippen LogP contribution < -0.4 is 4.90 Å². The fourth-order valence-electron chi connectivity index (χ4n) is 2.60. The summed E-state index contributed by atoms with van der Waals surface area (Å²) < 4.78 is 0. The van der Waals surface area contributed by atoms with Crippen LogP contribution in [0.15, 0.2) is 36.4 Å². The zero-order chi connectivity index (χ0) is 15.9. The third-order valence-electron chi connectivity index (χ3n) is 3.80. The Bertz CT molecular complexity index is 544. The number of hydrogen-bond acceptors (Lipinski definition) is 3. The molecule has 2 rings (SSSR count). The van der Waals surface area contributed by atoms with Crippen LogP contribution in [0.5, 0.6) is 0 Å². The van der Waals surface area contributed by atoms with E-state index in [2.05, 4.69) is 36.1 Å². The number of amides is 1. The van der Waals surface area contributed by atoms with Gasteiger partial charge in [-0.3, -0.25) is 4.79 Å². The minimum atomic E-state index is -1.10. The Labute approximate surface area is 130 Å². The normalized spacial score (nSPS) is 15.3. The van der Waals surface area contributed by atoms with Crippen molar-refractivity contribution >= 4 is 17.6 Å². The molecule has 118 valence electrons. The highest BCUT2D eigenvalue weighted by Crippen LogP contribution is 2.18. The van der Waals surface area contributed by atoms with Crippen LogP contribution in [-0.4, -0.2) is 48.1 Å². The number of carbonyl (C=O) groups is 2. The topological polar surface area (TPSA) is 60.9 Å². The summed E-state index contributed by atoms with van der Waals surface area (Å²) in [6, 6.07) is 8.58. The van der Waals surface area contributed by atoms with E-state index in [-0.39, 0.29) is 5.91 Å². The Morgan fingerprint density at radius 2 is 1.73 bits per heavy atom. The smallest absolute Gasteiger partial charge is 0.328 e. The summed E-state index contributed by atoms with van der Waals surface area (Å²) in [6.07, 6.45) is 4.25. The van der Waals surface area contributed by atoms with Gasteiger partial charge < -0.3 is 14.9 Å². The first-order chi connectivity index (χ1) is 10.6. The number of nitrogens with zero attached hydrogens (tertiary/aromatic N) is 2. The van der Waals surface area contributed by atoms with Crippen LogP contribution in [0.2, 0.25) is 0 Å². The van der Waals surface area contributed by atoms with Crippen molar-refractivity contribution in [3.63, 3.8) is 0 Å². The average molecular weight is 302 g/mol. The molecule has 1 aromatic carbocycles. The molecule has 0 radical (unpaired) electrons. The number of carbonyl (C=O) groups excluding carboxylic acids is 1. The summed E-state index contributed by atoms with van der Waals surface area (Å²) in [5.74, 6) is -1.33. The van der Waals surface area contributed by atoms with Crippen LogP contribution >= 0.6 is 0 Å². The molecule has 0 aromatic heterocycles. The molecule has 0 unspecified atom stereocenters. The fourth-order valence-corrected chi connectivity index (χ4v) is 2.60. The zero-order valence-corrected chi connectivity index (χ0v) is 12.9. The molecule has 5 heteroatoms. The van der Waals surface area contributed by atoms with Gasteiger partial charge in [-0.2, -0.15) is 0 Å². The van der Waals surface area contributed by atoms with E-state index in [1.54, 1.807) is 4.90 Å². The van der Waals surface area contributed by atoms with Gasteiger partial charge in [0.15, 0.2) is 0 Å². The molecule has 1 heterocycles. The molecular weight excluding hydrogens is 280 g/mol. The first kappa shape index (κ1) is 16.1. The molecule has 1 saturated heterocycles. The molecule has 5 nitrogen and oxygen atoms in total. The zero-order valence-electron chi connectivity index (χ0n) is 12.9. The van der Waals surface area contributed by atoms with Crippen molar-refractivity contribution < 1.29 is 14.7 Å². The lowest BCUT2D eigenvalue weighted by Crippen LogP contribution is -2.48. The lowest BCUT2D eigenvalue weighted by atomic mass is 10.1. The highest BCUT2D eigenvalue weighted by molar-refractivity contribution is 5.94.